The Morgan fingerprint density at radius 1 is 1.35 bits per heavy atom. The second-order valence-corrected chi connectivity index (χ2v) is 6.21. The summed E-state index contributed by atoms with van der Waals surface area (Å²) in [5, 5.41) is 3.45. The number of nitrogens with one attached hydrogen (secondary N) is 1. The van der Waals surface area contributed by atoms with Crippen molar-refractivity contribution in [3.05, 3.63) is 30.1 Å². The van der Waals surface area contributed by atoms with Gasteiger partial charge in [0.1, 0.15) is 0 Å². The number of aromatic nitrogens is 1. The van der Waals surface area contributed by atoms with Crippen molar-refractivity contribution < 1.29 is 9.53 Å². The molecule has 0 aromatic carbocycles. The Morgan fingerprint density at radius 2 is 2.00 bits per heavy atom. The molecule has 112 valence electrons. The van der Waals surface area contributed by atoms with Crippen LogP contribution in [0, 0.1) is 5.41 Å². The van der Waals surface area contributed by atoms with Gasteiger partial charge in [0.25, 0.3) is 0 Å². The third-order valence-corrected chi connectivity index (χ3v) is 2.92. The van der Waals surface area contributed by atoms with E-state index in [1.807, 2.05) is 19.1 Å². The molecular formula is C16H26N2O2. The number of carbonyl (C=O) groups is 1. The van der Waals surface area contributed by atoms with Gasteiger partial charge in [0, 0.05) is 25.0 Å². The monoisotopic (exact) mass is 278 g/mol. The fourth-order valence-corrected chi connectivity index (χ4v) is 2.14. The van der Waals surface area contributed by atoms with E-state index in [1.165, 1.54) is 5.56 Å². The van der Waals surface area contributed by atoms with Crippen LogP contribution >= 0.6 is 0 Å². The highest BCUT2D eigenvalue weighted by Crippen LogP contribution is 2.22. The summed E-state index contributed by atoms with van der Waals surface area (Å²) >= 11 is 0. The largest absolute Gasteiger partial charge is 0.466 e. The minimum atomic E-state index is -0.135. The van der Waals surface area contributed by atoms with Crippen molar-refractivity contribution in [2.45, 2.75) is 53.1 Å². The molecule has 0 amide bonds. The van der Waals surface area contributed by atoms with Gasteiger partial charge in [-0.25, -0.2) is 0 Å². The van der Waals surface area contributed by atoms with Gasteiger partial charge in [-0.05, 0) is 36.5 Å². The smallest absolute Gasteiger partial charge is 0.307 e. The molecule has 1 atom stereocenters. The Hall–Kier alpha value is -1.42. The summed E-state index contributed by atoms with van der Waals surface area (Å²) in [6.07, 6.45) is 4.90. The maximum atomic E-state index is 11.7. The lowest BCUT2D eigenvalue weighted by Gasteiger charge is -2.26. The van der Waals surface area contributed by atoms with Crippen LogP contribution in [-0.4, -0.2) is 23.6 Å². The van der Waals surface area contributed by atoms with Crippen molar-refractivity contribution in [2.24, 2.45) is 5.41 Å². The highest BCUT2D eigenvalue weighted by atomic mass is 16.5. The molecule has 0 saturated carbocycles. The Kier molecular flexibility index (Phi) is 6.65. The minimum absolute atomic E-state index is 0.127. The molecule has 4 heteroatoms. The van der Waals surface area contributed by atoms with E-state index in [0.717, 1.165) is 13.0 Å². The fourth-order valence-electron chi connectivity index (χ4n) is 2.14. The Bertz CT molecular complexity index is 399. The van der Waals surface area contributed by atoms with E-state index >= 15 is 0 Å². The van der Waals surface area contributed by atoms with Crippen molar-refractivity contribution in [1.29, 1.82) is 0 Å². The molecule has 0 aliphatic rings. The lowest BCUT2D eigenvalue weighted by atomic mass is 9.87. The van der Waals surface area contributed by atoms with Crippen molar-refractivity contribution in [3.8, 4) is 0 Å². The maximum Gasteiger partial charge on any atom is 0.307 e. The number of carbonyl (C=O) groups excluding carboxylic acids is 1. The third kappa shape index (κ3) is 7.24. The highest BCUT2D eigenvalue weighted by molar-refractivity contribution is 5.70. The van der Waals surface area contributed by atoms with Crippen LogP contribution in [0.2, 0.25) is 0 Å². The van der Waals surface area contributed by atoms with E-state index in [2.05, 4.69) is 31.1 Å². The number of hydrogen-bond donors (Lipinski definition) is 1. The van der Waals surface area contributed by atoms with Crippen LogP contribution in [-0.2, 0) is 16.1 Å². The highest BCUT2D eigenvalue weighted by Gasteiger charge is 2.21. The molecule has 0 fully saturated rings. The minimum Gasteiger partial charge on any atom is -0.466 e. The molecule has 0 aliphatic heterocycles. The number of rotatable bonds is 7. The molecular weight excluding hydrogens is 252 g/mol. The zero-order valence-electron chi connectivity index (χ0n) is 13.0. The van der Waals surface area contributed by atoms with E-state index in [4.69, 9.17) is 4.74 Å². The van der Waals surface area contributed by atoms with Crippen LogP contribution in [0.1, 0.15) is 46.1 Å². The molecule has 0 radical (unpaired) electrons. The molecule has 0 bridgehead atoms. The molecule has 0 saturated heterocycles. The number of hydrogen-bond acceptors (Lipinski definition) is 4. The Morgan fingerprint density at radius 3 is 2.55 bits per heavy atom. The first-order valence-electron chi connectivity index (χ1n) is 7.18. The van der Waals surface area contributed by atoms with Crippen LogP contribution in [0.25, 0.3) is 0 Å². The number of esters is 1. The second-order valence-electron chi connectivity index (χ2n) is 6.21. The standard InChI is InChI=1S/C16H26N2O2/c1-5-20-15(19)10-14(11-16(2,3)4)18-12-13-6-8-17-9-7-13/h6-9,14,18H,5,10-12H2,1-4H3. The summed E-state index contributed by atoms with van der Waals surface area (Å²) in [5.41, 5.74) is 1.34. The average molecular weight is 278 g/mol. The van der Waals surface area contributed by atoms with E-state index < -0.39 is 0 Å². The van der Waals surface area contributed by atoms with Crippen LogP contribution in [0.3, 0.4) is 0 Å². The molecule has 4 nitrogen and oxygen atoms in total. The maximum absolute atomic E-state index is 11.7. The van der Waals surface area contributed by atoms with Crippen molar-refractivity contribution >= 4 is 5.97 Å². The van der Waals surface area contributed by atoms with Gasteiger partial charge in [0.15, 0.2) is 0 Å². The summed E-state index contributed by atoms with van der Waals surface area (Å²) in [6.45, 7) is 9.55. The molecule has 1 rings (SSSR count). The van der Waals surface area contributed by atoms with E-state index in [-0.39, 0.29) is 17.4 Å². The Balaban J connectivity index is 2.55. The topological polar surface area (TPSA) is 51.2 Å². The lowest BCUT2D eigenvalue weighted by molar-refractivity contribution is -0.143. The zero-order valence-corrected chi connectivity index (χ0v) is 13.0. The molecule has 1 heterocycles. The van der Waals surface area contributed by atoms with Gasteiger partial charge in [0.05, 0.1) is 13.0 Å². The number of ether oxygens (including phenoxy) is 1. The summed E-state index contributed by atoms with van der Waals surface area (Å²) in [7, 11) is 0. The molecule has 0 aliphatic carbocycles. The number of pyridine rings is 1. The van der Waals surface area contributed by atoms with Crippen LogP contribution in [0.15, 0.2) is 24.5 Å². The van der Waals surface area contributed by atoms with Gasteiger partial charge in [-0.2, -0.15) is 0 Å². The normalized spacial score (nSPS) is 13.0. The van der Waals surface area contributed by atoms with Gasteiger partial charge in [0.2, 0.25) is 0 Å². The van der Waals surface area contributed by atoms with Crippen LogP contribution in [0.4, 0.5) is 0 Å². The first-order valence-corrected chi connectivity index (χ1v) is 7.18. The molecule has 20 heavy (non-hydrogen) atoms. The fraction of sp³-hybridized carbons (Fsp3) is 0.625. The molecule has 1 unspecified atom stereocenters. The van der Waals surface area contributed by atoms with Gasteiger partial charge in [-0.15, -0.1) is 0 Å². The van der Waals surface area contributed by atoms with Crippen LogP contribution < -0.4 is 5.32 Å². The lowest BCUT2D eigenvalue weighted by Crippen LogP contribution is -2.35. The molecule has 0 spiro atoms. The Labute approximate surface area is 121 Å². The first kappa shape index (κ1) is 16.6. The summed E-state index contributed by atoms with van der Waals surface area (Å²) in [4.78, 5) is 15.7. The second kappa shape index (κ2) is 8.00. The predicted octanol–water partition coefficient (Wildman–Crippen LogP) is 2.93. The van der Waals surface area contributed by atoms with Crippen molar-refractivity contribution in [2.75, 3.05) is 6.61 Å². The molecule has 1 aromatic rings. The van der Waals surface area contributed by atoms with E-state index in [0.29, 0.717) is 13.0 Å². The van der Waals surface area contributed by atoms with Gasteiger partial charge in [-0.3, -0.25) is 9.78 Å². The molecule has 1 aromatic heterocycles. The number of nitrogens with zero attached hydrogens (tertiary/aromatic N) is 1. The van der Waals surface area contributed by atoms with Gasteiger partial charge >= 0.3 is 5.97 Å². The molecule has 1 N–H and O–H groups in total. The average Bonchev–Trinajstić information content (AvgIpc) is 2.36. The van der Waals surface area contributed by atoms with Crippen molar-refractivity contribution in [1.82, 2.24) is 10.3 Å². The van der Waals surface area contributed by atoms with Crippen molar-refractivity contribution in [3.63, 3.8) is 0 Å². The van der Waals surface area contributed by atoms with Crippen LogP contribution in [0.5, 0.6) is 0 Å². The van der Waals surface area contributed by atoms with Gasteiger partial charge in [-0.1, -0.05) is 20.8 Å². The summed E-state index contributed by atoms with van der Waals surface area (Å²) in [5.74, 6) is -0.135. The third-order valence-electron chi connectivity index (χ3n) is 2.92. The summed E-state index contributed by atoms with van der Waals surface area (Å²) in [6, 6.07) is 4.08. The first-order chi connectivity index (χ1) is 9.40. The van der Waals surface area contributed by atoms with E-state index in [1.54, 1.807) is 12.4 Å². The van der Waals surface area contributed by atoms with Gasteiger partial charge < -0.3 is 10.1 Å². The SMILES string of the molecule is CCOC(=O)CC(CC(C)(C)C)NCc1ccncc1. The predicted molar refractivity (Wildman–Crippen MR) is 80.2 cm³/mol. The summed E-state index contributed by atoms with van der Waals surface area (Å²) < 4.78 is 5.05. The van der Waals surface area contributed by atoms with E-state index in [9.17, 15) is 4.79 Å². The zero-order chi connectivity index (χ0) is 15.0. The quantitative estimate of drug-likeness (QED) is 0.779.